The minimum atomic E-state index is -0.123. The van der Waals surface area contributed by atoms with Gasteiger partial charge in [0.25, 0.3) is 0 Å². The summed E-state index contributed by atoms with van der Waals surface area (Å²) >= 11 is 3.91. The third kappa shape index (κ3) is 2.32. The van der Waals surface area contributed by atoms with E-state index in [2.05, 4.69) is 38.7 Å². The molecule has 2 aliphatic rings. The van der Waals surface area contributed by atoms with Crippen LogP contribution in [-0.4, -0.2) is 30.8 Å². The molecule has 1 spiro atoms. The Kier molecular flexibility index (Phi) is 4.07. The Hall–Kier alpha value is -0.480. The van der Waals surface area contributed by atoms with Gasteiger partial charge in [-0.05, 0) is 45.3 Å². The number of carbonyl (C=O) groups excluding carboxylic acids is 1. The van der Waals surface area contributed by atoms with E-state index in [1.54, 1.807) is 0 Å². The van der Waals surface area contributed by atoms with Gasteiger partial charge >= 0.3 is 0 Å². The van der Waals surface area contributed by atoms with Crippen molar-refractivity contribution in [1.82, 2.24) is 4.90 Å². The lowest BCUT2D eigenvalue weighted by Crippen LogP contribution is -2.46. The fourth-order valence-corrected chi connectivity index (χ4v) is 3.41. The molecule has 3 nitrogen and oxygen atoms in total. The van der Waals surface area contributed by atoms with Crippen LogP contribution in [0, 0.1) is 11.3 Å². The molecule has 1 heterocycles. The molecule has 0 N–H and O–H groups in total. The number of nitrogens with zero attached hydrogens (tertiary/aromatic N) is 1. The molecular formula is C14H23NO2S. The van der Waals surface area contributed by atoms with E-state index in [4.69, 9.17) is 4.18 Å². The van der Waals surface area contributed by atoms with Crippen molar-refractivity contribution in [3.05, 3.63) is 11.3 Å². The van der Waals surface area contributed by atoms with Gasteiger partial charge in [0.1, 0.15) is 5.76 Å². The summed E-state index contributed by atoms with van der Waals surface area (Å²) in [6, 6.07) is 0. The van der Waals surface area contributed by atoms with Crippen molar-refractivity contribution in [2.75, 3.05) is 20.1 Å². The molecule has 102 valence electrons. The van der Waals surface area contributed by atoms with Crippen LogP contribution in [0.1, 0.15) is 39.5 Å². The molecule has 0 amide bonds. The first-order valence-corrected chi connectivity index (χ1v) is 7.14. The van der Waals surface area contributed by atoms with Gasteiger partial charge in [0.2, 0.25) is 0 Å². The van der Waals surface area contributed by atoms with E-state index >= 15 is 0 Å². The van der Waals surface area contributed by atoms with E-state index < -0.39 is 0 Å². The molecule has 0 unspecified atom stereocenters. The lowest BCUT2D eigenvalue weighted by atomic mass is 9.65. The number of piperidine rings is 1. The van der Waals surface area contributed by atoms with Crippen LogP contribution in [0.15, 0.2) is 11.3 Å². The van der Waals surface area contributed by atoms with Gasteiger partial charge in [-0.15, -0.1) is 0 Å². The van der Waals surface area contributed by atoms with Crippen molar-refractivity contribution in [2.24, 2.45) is 11.3 Å². The quantitative estimate of drug-likeness (QED) is 0.617. The first-order chi connectivity index (χ1) is 8.50. The Morgan fingerprint density at radius 2 is 1.89 bits per heavy atom. The van der Waals surface area contributed by atoms with Crippen molar-refractivity contribution < 1.29 is 8.98 Å². The van der Waals surface area contributed by atoms with E-state index in [1.807, 2.05) is 0 Å². The minimum absolute atomic E-state index is 0.123. The molecule has 0 aromatic carbocycles. The summed E-state index contributed by atoms with van der Waals surface area (Å²) < 4.78 is 5.13. The Bertz CT molecular complexity index is 368. The highest BCUT2D eigenvalue weighted by molar-refractivity contribution is 7.75. The predicted molar refractivity (Wildman–Crippen MR) is 75.3 cm³/mol. The first kappa shape index (κ1) is 13.9. The zero-order valence-corrected chi connectivity index (χ0v) is 12.4. The normalized spacial score (nSPS) is 25.1. The van der Waals surface area contributed by atoms with Crippen LogP contribution in [0.25, 0.3) is 0 Å². The van der Waals surface area contributed by atoms with Crippen LogP contribution in [0.5, 0.6) is 0 Å². The van der Waals surface area contributed by atoms with Gasteiger partial charge in [-0.1, -0.05) is 13.8 Å². The largest absolute Gasteiger partial charge is 0.433 e. The second-order valence-corrected chi connectivity index (χ2v) is 6.18. The van der Waals surface area contributed by atoms with Gasteiger partial charge in [0.05, 0.1) is 0 Å². The zero-order valence-electron chi connectivity index (χ0n) is 11.5. The van der Waals surface area contributed by atoms with Gasteiger partial charge in [0, 0.05) is 30.3 Å². The molecule has 0 aromatic heterocycles. The summed E-state index contributed by atoms with van der Waals surface area (Å²) in [5.74, 6) is 1.33. The fraction of sp³-hybridized carbons (Fsp3) is 0.786. The van der Waals surface area contributed by atoms with Gasteiger partial charge in [-0.3, -0.25) is 4.79 Å². The third-order valence-electron chi connectivity index (χ3n) is 4.49. The third-order valence-corrected chi connectivity index (χ3v) is 4.71. The number of allylic oxidation sites excluding steroid dienone is 2. The van der Waals surface area contributed by atoms with E-state index in [0.717, 1.165) is 50.1 Å². The SMILES string of the molecule is CC(C)C1=C(OS)CCC2(CCN(C)CC2)C1=O. The second kappa shape index (κ2) is 5.25. The molecule has 4 heteroatoms. The van der Waals surface area contributed by atoms with Crippen molar-refractivity contribution in [2.45, 2.75) is 39.5 Å². The highest BCUT2D eigenvalue weighted by atomic mass is 32.1. The maximum atomic E-state index is 12.8. The van der Waals surface area contributed by atoms with E-state index in [-0.39, 0.29) is 11.3 Å². The molecule has 0 atom stereocenters. The molecule has 0 saturated carbocycles. The maximum absolute atomic E-state index is 12.8. The summed E-state index contributed by atoms with van der Waals surface area (Å²) in [5, 5.41) is 0. The molecular weight excluding hydrogens is 246 g/mol. The average molecular weight is 269 g/mol. The molecule has 0 bridgehead atoms. The van der Waals surface area contributed by atoms with Crippen LogP contribution in [0.4, 0.5) is 0 Å². The van der Waals surface area contributed by atoms with Crippen LogP contribution in [0.2, 0.25) is 0 Å². The highest BCUT2D eigenvalue weighted by Gasteiger charge is 2.46. The second-order valence-electron chi connectivity index (χ2n) is 6.00. The number of carbonyl (C=O) groups is 1. The van der Waals surface area contributed by atoms with Crippen LogP contribution in [0.3, 0.4) is 0 Å². The van der Waals surface area contributed by atoms with Crippen molar-refractivity contribution in [3.63, 3.8) is 0 Å². The lowest BCUT2D eigenvalue weighted by Gasteiger charge is -2.43. The molecule has 1 fully saturated rings. The van der Waals surface area contributed by atoms with Gasteiger partial charge in [0.15, 0.2) is 5.78 Å². The number of Topliss-reactive ketones (excluding diaryl/α,β-unsaturated/α-hetero) is 1. The predicted octanol–water partition coefficient (Wildman–Crippen LogP) is 2.83. The summed E-state index contributed by atoms with van der Waals surface area (Å²) in [6.07, 6.45) is 3.75. The lowest BCUT2D eigenvalue weighted by molar-refractivity contribution is -0.129. The molecule has 1 aliphatic heterocycles. The standard InChI is InChI=1S/C14H23NO2S/c1-10(2)12-11(17-18)4-5-14(13(12)16)6-8-15(3)9-7-14/h10,18H,4-9H2,1-3H3. The Morgan fingerprint density at radius 1 is 1.28 bits per heavy atom. The Balaban J connectivity index is 2.28. The minimum Gasteiger partial charge on any atom is -0.433 e. The number of rotatable bonds is 2. The smallest absolute Gasteiger partial charge is 0.168 e. The zero-order chi connectivity index (χ0) is 13.3. The molecule has 18 heavy (non-hydrogen) atoms. The molecule has 0 radical (unpaired) electrons. The van der Waals surface area contributed by atoms with E-state index in [9.17, 15) is 4.79 Å². The van der Waals surface area contributed by atoms with Gasteiger partial charge < -0.3 is 9.08 Å². The van der Waals surface area contributed by atoms with Gasteiger partial charge in [-0.2, -0.15) is 0 Å². The van der Waals surface area contributed by atoms with Crippen LogP contribution < -0.4 is 0 Å². The average Bonchev–Trinajstić information content (AvgIpc) is 2.35. The Morgan fingerprint density at radius 3 is 2.39 bits per heavy atom. The highest BCUT2D eigenvalue weighted by Crippen LogP contribution is 2.45. The molecule has 1 aliphatic carbocycles. The fourth-order valence-electron chi connectivity index (χ4n) is 3.22. The van der Waals surface area contributed by atoms with E-state index in [0.29, 0.717) is 5.78 Å². The monoisotopic (exact) mass is 269 g/mol. The van der Waals surface area contributed by atoms with Crippen LogP contribution >= 0.6 is 12.9 Å². The van der Waals surface area contributed by atoms with Crippen molar-refractivity contribution >= 4 is 18.7 Å². The number of hydrogen-bond donors (Lipinski definition) is 1. The number of ketones is 1. The molecule has 0 aromatic rings. The number of hydrogen-bond acceptors (Lipinski definition) is 4. The summed E-state index contributed by atoms with van der Waals surface area (Å²) in [6.45, 7) is 6.17. The van der Waals surface area contributed by atoms with Gasteiger partial charge in [-0.25, -0.2) is 0 Å². The summed E-state index contributed by atoms with van der Waals surface area (Å²) in [4.78, 5) is 15.1. The number of likely N-dealkylation sites (tertiary alicyclic amines) is 1. The van der Waals surface area contributed by atoms with Crippen molar-refractivity contribution in [3.8, 4) is 0 Å². The van der Waals surface area contributed by atoms with Crippen LogP contribution in [-0.2, 0) is 8.98 Å². The number of thiol groups is 1. The van der Waals surface area contributed by atoms with E-state index in [1.165, 1.54) is 0 Å². The summed E-state index contributed by atoms with van der Waals surface area (Å²) in [5.41, 5.74) is 0.753. The molecule has 2 rings (SSSR count). The Labute approximate surface area is 115 Å². The topological polar surface area (TPSA) is 29.5 Å². The first-order valence-electron chi connectivity index (χ1n) is 6.78. The molecule has 1 saturated heterocycles. The van der Waals surface area contributed by atoms with Crippen molar-refractivity contribution in [1.29, 1.82) is 0 Å². The summed E-state index contributed by atoms with van der Waals surface area (Å²) in [7, 11) is 2.13. The maximum Gasteiger partial charge on any atom is 0.168 e.